The number of hydrogen-bond donors (Lipinski definition) is 2. The second-order valence-corrected chi connectivity index (χ2v) is 7.95. The molecule has 3 rings (SSSR count). The number of thiazole rings is 1. The molecule has 2 aromatic carbocycles. The Morgan fingerprint density at radius 3 is 2.86 bits per heavy atom. The Labute approximate surface area is 175 Å². The van der Waals surface area contributed by atoms with Crippen LogP contribution < -0.4 is 20.6 Å². The number of amides is 2. The standard InChI is InChI=1S/C19H18N4O4S2/c1-26-15-8-12(6-7-14(15)27-10-17(20)24)9-21-23-18(25)11-28-19-22-13-4-2-3-5-16(13)29-19/h2-9H,10-11H2,1H3,(H2,20,24)(H,23,25)/b21-9-. The van der Waals surface area contributed by atoms with Gasteiger partial charge in [0, 0.05) is 0 Å². The molecule has 3 N–H and O–H groups in total. The van der Waals surface area contributed by atoms with E-state index in [1.165, 1.54) is 25.1 Å². The maximum absolute atomic E-state index is 12.0. The van der Waals surface area contributed by atoms with Crippen LogP contribution in [0.2, 0.25) is 0 Å². The molecule has 29 heavy (non-hydrogen) atoms. The SMILES string of the molecule is COc1cc(/C=N\NC(=O)CSc2nc3ccccc3s2)ccc1OCC(N)=O. The fourth-order valence-electron chi connectivity index (χ4n) is 2.28. The highest BCUT2D eigenvalue weighted by atomic mass is 32.2. The minimum Gasteiger partial charge on any atom is -0.493 e. The molecule has 0 aliphatic carbocycles. The van der Waals surface area contributed by atoms with Crippen molar-refractivity contribution < 1.29 is 19.1 Å². The maximum atomic E-state index is 12.0. The summed E-state index contributed by atoms with van der Waals surface area (Å²) in [4.78, 5) is 27.3. The van der Waals surface area contributed by atoms with Crippen LogP contribution in [0, 0.1) is 0 Å². The normalized spacial score (nSPS) is 10.9. The molecule has 0 radical (unpaired) electrons. The van der Waals surface area contributed by atoms with Crippen LogP contribution in [0.25, 0.3) is 10.2 Å². The highest BCUT2D eigenvalue weighted by molar-refractivity contribution is 8.01. The lowest BCUT2D eigenvalue weighted by Gasteiger charge is -2.09. The van der Waals surface area contributed by atoms with Gasteiger partial charge in [-0.3, -0.25) is 9.59 Å². The second kappa shape index (κ2) is 9.89. The monoisotopic (exact) mass is 430 g/mol. The third-order valence-electron chi connectivity index (χ3n) is 3.56. The predicted molar refractivity (Wildman–Crippen MR) is 114 cm³/mol. The Morgan fingerprint density at radius 1 is 1.28 bits per heavy atom. The van der Waals surface area contributed by atoms with Gasteiger partial charge in [-0.1, -0.05) is 23.9 Å². The molecule has 3 aromatic rings. The Kier molecular flexibility index (Phi) is 7.04. The van der Waals surface area contributed by atoms with Gasteiger partial charge in [-0.25, -0.2) is 10.4 Å². The number of aromatic nitrogens is 1. The quantitative estimate of drug-likeness (QED) is 0.306. The summed E-state index contributed by atoms with van der Waals surface area (Å²) in [6, 6.07) is 12.9. The lowest BCUT2D eigenvalue weighted by atomic mass is 10.2. The van der Waals surface area contributed by atoms with E-state index in [1.54, 1.807) is 29.5 Å². The summed E-state index contributed by atoms with van der Waals surface area (Å²) in [6.07, 6.45) is 1.49. The van der Waals surface area contributed by atoms with Crippen molar-refractivity contribution in [2.45, 2.75) is 4.34 Å². The molecule has 0 fully saturated rings. The topological polar surface area (TPSA) is 116 Å². The van der Waals surface area contributed by atoms with Crippen LogP contribution in [0.15, 0.2) is 51.9 Å². The number of hydrogen-bond acceptors (Lipinski definition) is 8. The van der Waals surface area contributed by atoms with Gasteiger partial charge in [-0.05, 0) is 35.9 Å². The first-order valence-corrected chi connectivity index (χ1v) is 10.2. The van der Waals surface area contributed by atoms with Crippen LogP contribution in [0.1, 0.15) is 5.56 Å². The van der Waals surface area contributed by atoms with Crippen molar-refractivity contribution in [1.29, 1.82) is 0 Å². The first-order chi connectivity index (χ1) is 14.0. The number of methoxy groups -OCH3 is 1. The fraction of sp³-hybridized carbons (Fsp3) is 0.158. The molecule has 0 unspecified atom stereocenters. The molecule has 1 aromatic heterocycles. The van der Waals surface area contributed by atoms with Gasteiger partial charge < -0.3 is 15.2 Å². The summed E-state index contributed by atoms with van der Waals surface area (Å²) < 4.78 is 12.4. The molecule has 0 saturated heterocycles. The van der Waals surface area contributed by atoms with Crippen LogP contribution in [0.4, 0.5) is 0 Å². The Bertz CT molecular complexity index is 1020. The number of para-hydroxylation sites is 1. The van der Waals surface area contributed by atoms with Crippen LogP contribution >= 0.6 is 23.1 Å². The van der Waals surface area contributed by atoms with Gasteiger partial charge in [0.15, 0.2) is 22.4 Å². The highest BCUT2D eigenvalue weighted by Gasteiger charge is 2.08. The van der Waals surface area contributed by atoms with E-state index in [0.29, 0.717) is 17.1 Å². The van der Waals surface area contributed by atoms with Crippen molar-refractivity contribution in [2.24, 2.45) is 10.8 Å². The van der Waals surface area contributed by atoms with Gasteiger partial charge >= 0.3 is 0 Å². The van der Waals surface area contributed by atoms with E-state index in [9.17, 15) is 9.59 Å². The third-order valence-corrected chi connectivity index (χ3v) is 5.74. The molecule has 10 heteroatoms. The molecular weight excluding hydrogens is 412 g/mol. The van der Waals surface area contributed by atoms with Crippen molar-refractivity contribution in [2.75, 3.05) is 19.5 Å². The third kappa shape index (κ3) is 5.93. The van der Waals surface area contributed by atoms with E-state index in [2.05, 4.69) is 15.5 Å². The average molecular weight is 431 g/mol. The van der Waals surface area contributed by atoms with Crippen LogP contribution in [-0.4, -0.2) is 42.5 Å². The first-order valence-electron chi connectivity index (χ1n) is 8.44. The van der Waals surface area contributed by atoms with Gasteiger partial charge in [-0.15, -0.1) is 11.3 Å². The number of primary amides is 1. The molecule has 1 heterocycles. The molecule has 0 spiro atoms. The molecule has 2 amide bonds. The van der Waals surface area contributed by atoms with Gasteiger partial charge in [0.1, 0.15) is 0 Å². The zero-order chi connectivity index (χ0) is 20.6. The number of carbonyl (C=O) groups excluding carboxylic acids is 2. The van der Waals surface area contributed by atoms with E-state index in [-0.39, 0.29) is 18.3 Å². The molecule has 150 valence electrons. The number of carbonyl (C=O) groups is 2. The number of benzene rings is 2. The van der Waals surface area contributed by atoms with Crippen LogP contribution in [0.3, 0.4) is 0 Å². The van der Waals surface area contributed by atoms with Crippen molar-refractivity contribution in [3.63, 3.8) is 0 Å². The fourth-order valence-corrected chi connectivity index (χ4v) is 4.14. The molecule has 0 aliphatic rings. The summed E-state index contributed by atoms with van der Waals surface area (Å²) >= 11 is 2.91. The van der Waals surface area contributed by atoms with E-state index in [1.807, 2.05) is 24.3 Å². The minimum atomic E-state index is -0.580. The average Bonchev–Trinajstić information content (AvgIpc) is 3.14. The Hall–Kier alpha value is -3.11. The van der Waals surface area contributed by atoms with E-state index >= 15 is 0 Å². The molecule has 0 saturated carbocycles. The summed E-state index contributed by atoms with van der Waals surface area (Å²) in [5.41, 5.74) is 9.16. The van der Waals surface area contributed by atoms with Crippen LogP contribution in [-0.2, 0) is 9.59 Å². The smallest absolute Gasteiger partial charge is 0.255 e. The number of nitrogens with one attached hydrogen (secondary N) is 1. The highest BCUT2D eigenvalue weighted by Crippen LogP contribution is 2.29. The lowest BCUT2D eigenvalue weighted by molar-refractivity contribution is -0.120. The predicted octanol–water partition coefficient (Wildman–Crippen LogP) is 2.41. The number of hydrazone groups is 1. The first kappa shape index (κ1) is 20.6. The number of nitrogens with two attached hydrogens (primary N) is 1. The van der Waals surface area contributed by atoms with Crippen molar-refractivity contribution >= 4 is 51.3 Å². The van der Waals surface area contributed by atoms with Crippen LogP contribution in [0.5, 0.6) is 11.5 Å². The number of nitrogens with zero attached hydrogens (tertiary/aromatic N) is 2. The van der Waals surface area contributed by atoms with E-state index in [4.69, 9.17) is 15.2 Å². The minimum absolute atomic E-state index is 0.209. The van der Waals surface area contributed by atoms with E-state index < -0.39 is 5.91 Å². The molecule has 0 atom stereocenters. The Morgan fingerprint density at radius 2 is 2.10 bits per heavy atom. The number of thioether (sulfide) groups is 1. The zero-order valence-corrected chi connectivity index (χ0v) is 17.1. The summed E-state index contributed by atoms with van der Waals surface area (Å²) in [5, 5.41) is 3.95. The largest absolute Gasteiger partial charge is 0.493 e. The van der Waals surface area contributed by atoms with Gasteiger partial charge in [0.2, 0.25) is 0 Å². The molecule has 0 aliphatic heterocycles. The zero-order valence-electron chi connectivity index (χ0n) is 15.5. The summed E-state index contributed by atoms with van der Waals surface area (Å²) in [7, 11) is 1.48. The van der Waals surface area contributed by atoms with Gasteiger partial charge in [0.25, 0.3) is 11.8 Å². The van der Waals surface area contributed by atoms with Gasteiger partial charge in [-0.2, -0.15) is 5.10 Å². The van der Waals surface area contributed by atoms with Crippen molar-refractivity contribution in [3.05, 3.63) is 48.0 Å². The number of ether oxygens (including phenoxy) is 2. The molecular formula is C19H18N4O4S2. The maximum Gasteiger partial charge on any atom is 0.255 e. The molecule has 8 nitrogen and oxygen atoms in total. The van der Waals surface area contributed by atoms with Crippen molar-refractivity contribution in [1.82, 2.24) is 10.4 Å². The van der Waals surface area contributed by atoms with Crippen molar-refractivity contribution in [3.8, 4) is 11.5 Å². The second-order valence-electron chi connectivity index (χ2n) is 5.69. The summed E-state index contributed by atoms with van der Waals surface area (Å²) in [6.45, 7) is -0.244. The van der Waals surface area contributed by atoms with Gasteiger partial charge in [0.05, 0.1) is 29.3 Å². The number of rotatable bonds is 9. The lowest BCUT2D eigenvalue weighted by Crippen LogP contribution is -2.20. The number of fused-ring (bicyclic) bond motifs is 1. The van der Waals surface area contributed by atoms with E-state index in [0.717, 1.165) is 14.6 Å². The summed E-state index contributed by atoms with van der Waals surface area (Å²) in [5.74, 6) is 0.205. The Balaban J connectivity index is 1.51. The molecule has 0 bridgehead atoms.